The maximum Gasteiger partial charge on any atom is 0.258 e. The van der Waals surface area contributed by atoms with Crippen molar-refractivity contribution >= 4 is 5.91 Å². The molecule has 5 nitrogen and oxygen atoms in total. The van der Waals surface area contributed by atoms with Crippen LogP contribution in [0.4, 0.5) is 0 Å². The summed E-state index contributed by atoms with van der Waals surface area (Å²) in [6, 6.07) is 9.33. The third kappa shape index (κ3) is 4.47. The number of rotatable bonds is 6. The minimum atomic E-state index is -0.0956. The molecular weight excluding hydrogens is 266 g/mol. The summed E-state index contributed by atoms with van der Waals surface area (Å²) in [4.78, 5) is 13.4. The number of benzene rings is 1. The van der Waals surface area contributed by atoms with E-state index in [2.05, 4.69) is 12.2 Å². The van der Waals surface area contributed by atoms with Crippen LogP contribution in [0.5, 0.6) is 5.75 Å². The average Bonchev–Trinajstić information content (AvgIpc) is 2.99. The van der Waals surface area contributed by atoms with Crippen molar-refractivity contribution in [2.45, 2.75) is 25.8 Å². The second-order valence-electron chi connectivity index (χ2n) is 5.33. The van der Waals surface area contributed by atoms with Crippen molar-refractivity contribution < 1.29 is 14.4 Å². The molecule has 0 aromatic heterocycles. The first-order valence-electron chi connectivity index (χ1n) is 7.47. The highest BCUT2D eigenvalue weighted by atomic mass is 16.5. The Morgan fingerprint density at radius 1 is 1.48 bits per heavy atom. The van der Waals surface area contributed by atoms with Crippen LogP contribution in [0, 0.1) is 11.3 Å². The Balaban J connectivity index is 1.71. The van der Waals surface area contributed by atoms with Gasteiger partial charge in [-0.25, -0.2) is 0 Å². The first-order valence-corrected chi connectivity index (χ1v) is 7.47. The molecule has 0 saturated carbocycles. The highest BCUT2D eigenvalue weighted by Gasteiger charge is 2.26. The number of hydrogen-bond acceptors (Lipinski definition) is 3. The van der Waals surface area contributed by atoms with Crippen molar-refractivity contribution in [2.75, 3.05) is 26.2 Å². The van der Waals surface area contributed by atoms with E-state index in [4.69, 9.17) is 10.00 Å². The Labute approximate surface area is 125 Å². The summed E-state index contributed by atoms with van der Waals surface area (Å²) in [5, 5.41) is 11.6. The predicted octanol–water partition coefficient (Wildman–Crippen LogP) is 0.120. The molecule has 1 amide bonds. The van der Waals surface area contributed by atoms with Crippen molar-refractivity contribution in [2.24, 2.45) is 0 Å². The maximum absolute atomic E-state index is 11.8. The lowest BCUT2D eigenvalue weighted by atomic mass is 10.2. The Hall–Kier alpha value is -2.06. The monoisotopic (exact) mass is 288 g/mol. The Kier molecular flexibility index (Phi) is 5.59. The first-order chi connectivity index (χ1) is 10.2. The zero-order valence-corrected chi connectivity index (χ0v) is 12.4. The van der Waals surface area contributed by atoms with Gasteiger partial charge in [0.25, 0.3) is 5.91 Å². The van der Waals surface area contributed by atoms with Crippen LogP contribution in [0.2, 0.25) is 0 Å². The van der Waals surface area contributed by atoms with Gasteiger partial charge in [0.1, 0.15) is 11.8 Å². The standard InChI is InChI=1S/C16H21N3O2/c1-2-19-9-3-4-14(19)11-18-16(20)12-21-15-7-5-13(10-17)6-8-15/h5-8,14H,2-4,9,11-12H2,1H3,(H,18,20)/p+1/t14-/m0/s1. The highest BCUT2D eigenvalue weighted by molar-refractivity contribution is 5.77. The molecule has 2 atom stereocenters. The van der Waals surface area contributed by atoms with Gasteiger partial charge >= 0.3 is 0 Å². The van der Waals surface area contributed by atoms with E-state index >= 15 is 0 Å². The summed E-state index contributed by atoms with van der Waals surface area (Å²) in [5.41, 5.74) is 0.579. The quantitative estimate of drug-likeness (QED) is 0.781. The maximum atomic E-state index is 11.8. The fourth-order valence-electron chi connectivity index (χ4n) is 2.76. The predicted molar refractivity (Wildman–Crippen MR) is 79.1 cm³/mol. The molecule has 0 spiro atoms. The van der Waals surface area contributed by atoms with Gasteiger partial charge in [0.15, 0.2) is 6.61 Å². The number of amides is 1. The number of hydrogen-bond donors (Lipinski definition) is 2. The molecule has 0 radical (unpaired) electrons. The zero-order chi connectivity index (χ0) is 15.1. The molecule has 1 aromatic carbocycles. The molecule has 1 aromatic rings. The lowest BCUT2D eigenvalue weighted by molar-refractivity contribution is -0.909. The zero-order valence-electron chi connectivity index (χ0n) is 12.4. The number of likely N-dealkylation sites (tertiary alicyclic amines) is 1. The smallest absolute Gasteiger partial charge is 0.258 e. The van der Waals surface area contributed by atoms with E-state index < -0.39 is 0 Å². The van der Waals surface area contributed by atoms with E-state index in [9.17, 15) is 4.79 Å². The van der Waals surface area contributed by atoms with Gasteiger partial charge in [-0.3, -0.25) is 4.79 Å². The summed E-state index contributed by atoms with van der Waals surface area (Å²) in [6.07, 6.45) is 2.42. The number of nitrogens with one attached hydrogen (secondary N) is 2. The molecule has 1 unspecified atom stereocenters. The Morgan fingerprint density at radius 3 is 2.90 bits per heavy atom. The molecule has 0 aliphatic carbocycles. The lowest BCUT2D eigenvalue weighted by Gasteiger charge is -2.20. The molecule has 1 fully saturated rings. The fraction of sp³-hybridized carbons (Fsp3) is 0.500. The normalized spacial score (nSPS) is 20.8. The summed E-state index contributed by atoms with van der Waals surface area (Å²) < 4.78 is 5.41. The number of carbonyl (C=O) groups excluding carboxylic acids is 1. The topological polar surface area (TPSA) is 66.6 Å². The van der Waals surface area contributed by atoms with Gasteiger partial charge in [0.2, 0.25) is 0 Å². The molecule has 1 saturated heterocycles. The molecule has 1 heterocycles. The minimum absolute atomic E-state index is 0.0140. The number of nitrogens with zero attached hydrogens (tertiary/aromatic N) is 1. The molecular formula is C16H22N3O2+. The molecule has 5 heteroatoms. The number of quaternary nitrogens is 1. The summed E-state index contributed by atoms with van der Waals surface area (Å²) in [7, 11) is 0. The van der Waals surface area contributed by atoms with Crippen molar-refractivity contribution in [1.29, 1.82) is 5.26 Å². The van der Waals surface area contributed by atoms with E-state index in [1.165, 1.54) is 19.4 Å². The van der Waals surface area contributed by atoms with Gasteiger partial charge in [-0.15, -0.1) is 0 Å². The number of nitriles is 1. The third-order valence-corrected chi connectivity index (χ3v) is 3.98. The number of carbonyl (C=O) groups is 1. The van der Waals surface area contributed by atoms with Crippen molar-refractivity contribution in [3.63, 3.8) is 0 Å². The van der Waals surface area contributed by atoms with Crippen LogP contribution < -0.4 is 15.0 Å². The van der Waals surface area contributed by atoms with Crippen LogP contribution in [-0.2, 0) is 4.79 Å². The van der Waals surface area contributed by atoms with Crippen LogP contribution in [0.15, 0.2) is 24.3 Å². The van der Waals surface area contributed by atoms with Crippen molar-refractivity contribution in [3.8, 4) is 11.8 Å². The van der Waals surface area contributed by atoms with Gasteiger partial charge < -0.3 is 15.0 Å². The SMILES string of the molecule is CC[NH+]1CCC[C@H]1CNC(=O)COc1ccc(C#N)cc1. The van der Waals surface area contributed by atoms with Crippen molar-refractivity contribution in [3.05, 3.63) is 29.8 Å². The fourth-order valence-corrected chi connectivity index (χ4v) is 2.76. The number of ether oxygens (including phenoxy) is 1. The minimum Gasteiger partial charge on any atom is -0.484 e. The van der Waals surface area contributed by atoms with Crippen LogP contribution in [0.25, 0.3) is 0 Å². The highest BCUT2D eigenvalue weighted by Crippen LogP contribution is 2.11. The summed E-state index contributed by atoms with van der Waals surface area (Å²) >= 11 is 0. The van der Waals surface area contributed by atoms with E-state index in [0.29, 0.717) is 17.4 Å². The van der Waals surface area contributed by atoms with Gasteiger partial charge in [0, 0.05) is 12.8 Å². The van der Waals surface area contributed by atoms with Crippen LogP contribution in [0.3, 0.4) is 0 Å². The van der Waals surface area contributed by atoms with Gasteiger partial charge in [-0.1, -0.05) is 0 Å². The van der Waals surface area contributed by atoms with Crippen LogP contribution in [0.1, 0.15) is 25.3 Å². The second-order valence-corrected chi connectivity index (χ2v) is 5.33. The third-order valence-electron chi connectivity index (χ3n) is 3.98. The summed E-state index contributed by atoms with van der Waals surface area (Å²) in [6.45, 7) is 5.24. The lowest BCUT2D eigenvalue weighted by Crippen LogP contribution is -3.14. The van der Waals surface area contributed by atoms with E-state index in [0.717, 1.165) is 13.1 Å². The largest absolute Gasteiger partial charge is 0.484 e. The Bertz CT molecular complexity index is 507. The van der Waals surface area contributed by atoms with Crippen LogP contribution in [-0.4, -0.2) is 38.2 Å². The molecule has 1 aliphatic rings. The van der Waals surface area contributed by atoms with Gasteiger partial charge in [0.05, 0.1) is 31.3 Å². The molecule has 1 aliphatic heterocycles. The molecule has 2 rings (SSSR count). The van der Waals surface area contributed by atoms with E-state index in [1.54, 1.807) is 29.2 Å². The molecule has 0 bridgehead atoms. The molecule has 112 valence electrons. The van der Waals surface area contributed by atoms with Gasteiger partial charge in [-0.2, -0.15) is 5.26 Å². The summed E-state index contributed by atoms with van der Waals surface area (Å²) in [5.74, 6) is 0.507. The Morgan fingerprint density at radius 2 is 2.24 bits per heavy atom. The molecule has 2 N–H and O–H groups in total. The van der Waals surface area contributed by atoms with Crippen LogP contribution >= 0.6 is 0 Å². The van der Waals surface area contributed by atoms with E-state index in [-0.39, 0.29) is 12.5 Å². The van der Waals surface area contributed by atoms with Crippen molar-refractivity contribution in [1.82, 2.24) is 5.32 Å². The van der Waals surface area contributed by atoms with E-state index in [1.807, 2.05) is 6.07 Å². The second kappa shape index (κ2) is 7.65. The molecule has 21 heavy (non-hydrogen) atoms. The average molecular weight is 288 g/mol. The first kappa shape index (κ1) is 15.3. The van der Waals surface area contributed by atoms with Gasteiger partial charge in [-0.05, 0) is 31.2 Å². The number of likely N-dealkylation sites (N-methyl/N-ethyl adjacent to an activating group) is 1.